The molecule has 0 aliphatic heterocycles. The maximum Gasteiger partial charge on any atom is 0.0968 e. The highest BCUT2D eigenvalue weighted by Crippen LogP contribution is 2.23. The van der Waals surface area contributed by atoms with Crippen molar-refractivity contribution in [2.45, 2.75) is 24.6 Å². The summed E-state index contributed by atoms with van der Waals surface area (Å²) in [6.07, 6.45) is 3.68. The molecule has 0 saturated heterocycles. The second-order valence-electron chi connectivity index (χ2n) is 3.92. The highest BCUT2D eigenvalue weighted by molar-refractivity contribution is 9.10. The van der Waals surface area contributed by atoms with Gasteiger partial charge in [0.2, 0.25) is 0 Å². The number of rotatable bonds is 3. The monoisotopic (exact) mass is 308 g/mol. The molecule has 4 heteroatoms. The number of halogens is 1. The molecular formula is C13H13BrN2S. The molecular weight excluding hydrogens is 296 g/mol. The minimum atomic E-state index is 0.891. The summed E-state index contributed by atoms with van der Waals surface area (Å²) in [6, 6.07) is 6.29. The molecule has 0 aliphatic rings. The molecule has 0 aromatic carbocycles. The Morgan fingerprint density at radius 2 is 2.00 bits per heavy atom. The lowest BCUT2D eigenvalue weighted by Gasteiger charge is -2.04. The molecule has 0 N–H and O–H groups in total. The molecule has 2 rings (SSSR count). The third-order valence-corrected chi connectivity index (χ3v) is 3.64. The van der Waals surface area contributed by atoms with Crippen LogP contribution in [0, 0.1) is 13.8 Å². The van der Waals surface area contributed by atoms with E-state index in [9.17, 15) is 0 Å². The summed E-state index contributed by atoms with van der Waals surface area (Å²) in [5.74, 6) is 0.891. The largest absolute Gasteiger partial charge is 0.263 e. The summed E-state index contributed by atoms with van der Waals surface area (Å²) in [4.78, 5) is 8.65. The number of aryl methyl sites for hydroxylation is 2. The molecule has 2 nitrogen and oxygen atoms in total. The number of aromatic nitrogens is 2. The van der Waals surface area contributed by atoms with Crippen molar-refractivity contribution in [1.82, 2.24) is 9.97 Å². The molecule has 0 bridgehead atoms. The molecule has 0 aliphatic carbocycles. The average Bonchev–Trinajstić information content (AvgIpc) is 2.25. The first-order valence-corrected chi connectivity index (χ1v) is 7.09. The van der Waals surface area contributed by atoms with E-state index in [2.05, 4.69) is 51.0 Å². The minimum absolute atomic E-state index is 0.891. The molecule has 17 heavy (non-hydrogen) atoms. The topological polar surface area (TPSA) is 25.8 Å². The van der Waals surface area contributed by atoms with E-state index in [-0.39, 0.29) is 0 Å². The molecule has 0 radical (unpaired) electrons. The number of hydrogen-bond donors (Lipinski definition) is 0. The number of nitrogens with zero attached hydrogens (tertiary/aromatic N) is 2. The van der Waals surface area contributed by atoms with Gasteiger partial charge in [0.25, 0.3) is 0 Å². The van der Waals surface area contributed by atoms with Gasteiger partial charge >= 0.3 is 0 Å². The molecule has 2 aromatic rings. The van der Waals surface area contributed by atoms with Crippen molar-refractivity contribution >= 4 is 27.7 Å². The molecule has 0 unspecified atom stereocenters. The van der Waals surface area contributed by atoms with Gasteiger partial charge in [0.15, 0.2) is 0 Å². The van der Waals surface area contributed by atoms with Gasteiger partial charge in [0, 0.05) is 28.3 Å². The zero-order chi connectivity index (χ0) is 12.3. The quantitative estimate of drug-likeness (QED) is 0.797. The number of thioether (sulfide) groups is 1. The van der Waals surface area contributed by atoms with Crippen LogP contribution in [-0.2, 0) is 5.75 Å². The Labute approximate surface area is 114 Å². The minimum Gasteiger partial charge on any atom is -0.263 e. The van der Waals surface area contributed by atoms with Crippen molar-refractivity contribution in [3.8, 4) is 0 Å². The van der Waals surface area contributed by atoms with Gasteiger partial charge in [0.1, 0.15) is 0 Å². The highest BCUT2D eigenvalue weighted by atomic mass is 79.9. The highest BCUT2D eigenvalue weighted by Gasteiger charge is 2.01. The Morgan fingerprint density at radius 3 is 2.71 bits per heavy atom. The smallest absolute Gasteiger partial charge is 0.0968 e. The fourth-order valence-corrected chi connectivity index (χ4v) is 2.93. The first-order chi connectivity index (χ1) is 8.13. The van der Waals surface area contributed by atoms with E-state index in [1.54, 1.807) is 18.0 Å². The molecule has 0 spiro atoms. The summed E-state index contributed by atoms with van der Waals surface area (Å²) in [5, 5.41) is 1.07. The molecule has 0 fully saturated rings. The third kappa shape index (κ3) is 3.82. The van der Waals surface area contributed by atoms with E-state index in [1.807, 2.05) is 13.1 Å². The van der Waals surface area contributed by atoms with Gasteiger partial charge in [-0.1, -0.05) is 0 Å². The van der Waals surface area contributed by atoms with Crippen molar-refractivity contribution in [2.24, 2.45) is 0 Å². The van der Waals surface area contributed by atoms with Crippen LogP contribution in [0.4, 0.5) is 0 Å². The Hall–Kier alpha value is -0.870. The van der Waals surface area contributed by atoms with Gasteiger partial charge in [-0.2, -0.15) is 0 Å². The summed E-state index contributed by atoms with van der Waals surface area (Å²) < 4.78 is 1.02. The lowest BCUT2D eigenvalue weighted by Crippen LogP contribution is -1.88. The maximum absolute atomic E-state index is 4.50. The predicted octanol–water partition coefficient (Wildman–Crippen LogP) is 4.15. The van der Waals surface area contributed by atoms with Crippen molar-refractivity contribution in [1.29, 1.82) is 0 Å². The van der Waals surface area contributed by atoms with Crippen molar-refractivity contribution in [3.63, 3.8) is 0 Å². The second kappa shape index (κ2) is 5.65. The zero-order valence-electron chi connectivity index (χ0n) is 9.77. The SMILES string of the molecule is Cc1cc(C)nc(SCc2cncc(Br)c2)c1. The Morgan fingerprint density at radius 1 is 1.18 bits per heavy atom. The van der Waals surface area contributed by atoms with Gasteiger partial charge in [-0.3, -0.25) is 4.98 Å². The molecule has 0 amide bonds. The van der Waals surface area contributed by atoms with Crippen LogP contribution >= 0.6 is 27.7 Å². The van der Waals surface area contributed by atoms with Gasteiger partial charge in [-0.15, -0.1) is 11.8 Å². The average molecular weight is 309 g/mol. The summed E-state index contributed by atoms with van der Waals surface area (Å²) in [6.45, 7) is 4.12. The summed E-state index contributed by atoms with van der Waals surface area (Å²) in [7, 11) is 0. The summed E-state index contributed by atoms with van der Waals surface area (Å²) in [5.41, 5.74) is 3.53. The normalized spacial score (nSPS) is 10.5. The fourth-order valence-electron chi connectivity index (χ4n) is 1.57. The fraction of sp³-hybridized carbons (Fsp3) is 0.231. The molecule has 2 aromatic heterocycles. The van der Waals surface area contributed by atoms with Gasteiger partial charge in [-0.05, 0) is 59.1 Å². The molecule has 88 valence electrons. The van der Waals surface area contributed by atoms with Crippen LogP contribution in [0.1, 0.15) is 16.8 Å². The lowest BCUT2D eigenvalue weighted by molar-refractivity contribution is 1.05. The predicted molar refractivity (Wildman–Crippen MR) is 75.2 cm³/mol. The third-order valence-electron chi connectivity index (χ3n) is 2.22. The molecule has 0 saturated carbocycles. The lowest BCUT2D eigenvalue weighted by atomic mass is 10.3. The van der Waals surface area contributed by atoms with E-state index in [1.165, 1.54) is 11.1 Å². The van der Waals surface area contributed by atoms with E-state index in [0.717, 1.165) is 20.9 Å². The van der Waals surface area contributed by atoms with Crippen LogP contribution in [-0.4, -0.2) is 9.97 Å². The van der Waals surface area contributed by atoms with Gasteiger partial charge in [-0.25, -0.2) is 4.98 Å². The Balaban J connectivity index is 2.07. The Kier molecular flexibility index (Phi) is 4.18. The van der Waals surface area contributed by atoms with Crippen LogP contribution in [0.3, 0.4) is 0 Å². The number of hydrogen-bond acceptors (Lipinski definition) is 3. The van der Waals surface area contributed by atoms with Crippen LogP contribution in [0.25, 0.3) is 0 Å². The van der Waals surface area contributed by atoms with Gasteiger partial charge < -0.3 is 0 Å². The van der Waals surface area contributed by atoms with Crippen molar-refractivity contribution < 1.29 is 0 Å². The van der Waals surface area contributed by atoms with E-state index < -0.39 is 0 Å². The van der Waals surface area contributed by atoms with Crippen LogP contribution in [0.2, 0.25) is 0 Å². The Bertz CT molecular complexity index is 508. The van der Waals surface area contributed by atoms with Crippen LogP contribution < -0.4 is 0 Å². The van der Waals surface area contributed by atoms with Crippen molar-refractivity contribution in [3.05, 3.63) is 51.9 Å². The van der Waals surface area contributed by atoms with E-state index in [4.69, 9.17) is 0 Å². The first kappa shape index (κ1) is 12.6. The van der Waals surface area contributed by atoms with Gasteiger partial charge in [0.05, 0.1) is 5.03 Å². The molecule has 2 heterocycles. The number of pyridine rings is 2. The maximum atomic E-state index is 4.50. The van der Waals surface area contributed by atoms with Crippen molar-refractivity contribution in [2.75, 3.05) is 0 Å². The zero-order valence-corrected chi connectivity index (χ0v) is 12.2. The van der Waals surface area contributed by atoms with E-state index in [0.29, 0.717) is 0 Å². The molecule has 0 atom stereocenters. The van der Waals surface area contributed by atoms with E-state index >= 15 is 0 Å². The standard InChI is InChI=1S/C13H13BrN2S/c1-9-3-10(2)16-13(4-9)17-8-11-5-12(14)7-15-6-11/h3-7H,8H2,1-2H3. The summed E-state index contributed by atoms with van der Waals surface area (Å²) >= 11 is 5.16. The van der Waals surface area contributed by atoms with Crippen LogP contribution in [0.15, 0.2) is 40.1 Å². The first-order valence-electron chi connectivity index (χ1n) is 5.31. The second-order valence-corrected chi connectivity index (χ2v) is 5.84. The van der Waals surface area contributed by atoms with Crippen LogP contribution in [0.5, 0.6) is 0 Å².